The van der Waals surface area contributed by atoms with Crippen LogP contribution in [0.25, 0.3) is 10.9 Å². The minimum atomic E-state index is -0.497. The number of nitrogens with one attached hydrogen (secondary N) is 1. The maximum absolute atomic E-state index is 12.5. The Bertz CT molecular complexity index is 1060. The van der Waals surface area contributed by atoms with Crippen LogP contribution < -0.4 is 5.32 Å². The molecule has 1 amide bonds. The van der Waals surface area contributed by atoms with Crippen molar-refractivity contribution >= 4 is 23.3 Å². The summed E-state index contributed by atoms with van der Waals surface area (Å²) in [5, 5.41) is 3.82. The molecule has 3 rings (SSSR count). The first-order chi connectivity index (χ1) is 14.9. The fraction of sp³-hybridized carbons (Fsp3) is 0.360. The molecule has 3 aromatic rings. The van der Waals surface area contributed by atoms with E-state index in [1.807, 2.05) is 56.3 Å². The minimum Gasteiger partial charge on any atom is -0.445 e. The van der Waals surface area contributed by atoms with Crippen LogP contribution in [0.15, 0.2) is 42.5 Å². The number of carbonyl (C=O) groups is 2. The van der Waals surface area contributed by atoms with E-state index in [0.29, 0.717) is 30.1 Å². The summed E-state index contributed by atoms with van der Waals surface area (Å²) in [7, 11) is 0. The summed E-state index contributed by atoms with van der Waals surface area (Å²) in [6, 6.07) is 12.9. The molecule has 0 aliphatic rings. The summed E-state index contributed by atoms with van der Waals surface area (Å²) in [6.45, 7) is 8.29. The predicted octanol–water partition coefficient (Wildman–Crippen LogP) is 5.33. The van der Waals surface area contributed by atoms with Crippen molar-refractivity contribution in [2.45, 2.75) is 53.2 Å². The molecule has 1 atom stereocenters. The highest BCUT2D eigenvalue weighted by atomic mass is 16.5. The topological polar surface area (TPSA) is 81.2 Å². The monoisotopic (exact) mass is 419 g/mol. The highest BCUT2D eigenvalue weighted by Gasteiger charge is 2.22. The number of aldehydes is 1. The van der Waals surface area contributed by atoms with E-state index in [9.17, 15) is 9.59 Å². The van der Waals surface area contributed by atoms with Gasteiger partial charge in [-0.25, -0.2) is 14.8 Å². The molecule has 1 N–H and O–H groups in total. The summed E-state index contributed by atoms with van der Waals surface area (Å²) in [4.78, 5) is 33.4. The van der Waals surface area contributed by atoms with Gasteiger partial charge >= 0.3 is 6.09 Å². The third-order valence-electron chi connectivity index (χ3n) is 5.17. The number of benzene rings is 2. The molecule has 31 heavy (non-hydrogen) atoms. The lowest BCUT2D eigenvalue weighted by molar-refractivity contribution is 0.112. The van der Waals surface area contributed by atoms with Gasteiger partial charge < -0.3 is 10.1 Å². The average molecular weight is 420 g/mol. The van der Waals surface area contributed by atoms with Crippen LogP contribution in [0.2, 0.25) is 0 Å². The van der Waals surface area contributed by atoms with Crippen molar-refractivity contribution in [3.63, 3.8) is 0 Å². The van der Waals surface area contributed by atoms with E-state index in [2.05, 4.69) is 19.2 Å². The second-order valence-electron chi connectivity index (χ2n) is 8.11. The number of fused-ring (bicyclic) bond motifs is 1. The van der Waals surface area contributed by atoms with E-state index in [1.54, 1.807) is 0 Å². The molecule has 6 nitrogen and oxygen atoms in total. The second-order valence-corrected chi connectivity index (χ2v) is 8.11. The number of carbonyl (C=O) groups excluding carboxylic acids is 2. The Hall–Kier alpha value is -3.28. The summed E-state index contributed by atoms with van der Waals surface area (Å²) < 4.78 is 5.41. The lowest BCUT2D eigenvalue weighted by atomic mass is 10.0. The number of aromatic nitrogens is 2. The van der Waals surface area contributed by atoms with Crippen LogP contribution in [0.4, 0.5) is 4.79 Å². The highest BCUT2D eigenvalue weighted by molar-refractivity contribution is 5.90. The van der Waals surface area contributed by atoms with Gasteiger partial charge in [0.05, 0.1) is 17.3 Å². The Balaban J connectivity index is 1.88. The van der Waals surface area contributed by atoms with Crippen LogP contribution in [-0.2, 0) is 17.8 Å². The molecular weight excluding hydrogens is 390 g/mol. The summed E-state index contributed by atoms with van der Waals surface area (Å²) in [6.07, 6.45) is 1.73. The predicted molar refractivity (Wildman–Crippen MR) is 121 cm³/mol. The molecular formula is C25H29N3O3. The molecule has 0 bridgehead atoms. The van der Waals surface area contributed by atoms with E-state index in [1.165, 1.54) is 0 Å². The zero-order valence-electron chi connectivity index (χ0n) is 18.5. The molecule has 0 fully saturated rings. The first kappa shape index (κ1) is 22.4. The molecule has 2 aromatic carbocycles. The number of rotatable bonds is 8. The van der Waals surface area contributed by atoms with Gasteiger partial charge in [-0.15, -0.1) is 0 Å². The van der Waals surface area contributed by atoms with Crippen molar-refractivity contribution in [1.82, 2.24) is 15.3 Å². The number of amides is 1. The minimum absolute atomic E-state index is 0.202. The van der Waals surface area contributed by atoms with Gasteiger partial charge in [-0.3, -0.25) is 4.79 Å². The fourth-order valence-corrected chi connectivity index (χ4v) is 3.54. The molecule has 6 heteroatoms. The summed E-state index contributed by atoms with van der Waals surface area (Å²) in [5.74, 6) is 0.885. The molecule has 162 valence electrons. The van der Waals surface area contributed by atoms with Crippen molar-refractivity contribution in [3.05, 3.63) is 70.7 Å². The van der Waals surface area contributed by atoms with Crippen molar-refractivity contribution in [1.29, 1.82) is 0 Å². The highest BCUT2D eigenvalue weighted by Crippen LogP contribution is 2.25. The molecule has 0 saturated carbocycles. The molecule has 1 aromatic heterocycles. The Labute approximate surface area is 183 Å². The quantitative estimate of drug-likeness (QED) is 0.499. The van der Waals surface area contributed by atoms with E-state index >= 15 is 0 Å². The molecule has 0 aliphatic heterocycles. The van der Waals surface area contributed by atoms with Gasteiger partial charge in [-0.2, -0.15) is 0 Å². The molecule has 1 unspecified atom stereocenters. The number of ether oxygens (including phenoxy) is 1. The summed E-state index contributed by atoms with van der Waals surface area (Å²) in [5.41, 5.74) is 4.06. The number of hydrogen-bond donors (Lipinski definition) is 1. The number of alkyl carbamates (subject to hydrolysis) is 1. The Kier molecular flexibility index (Phi) is 7.34. The van der Waals surface area contributed by atoms with E-state index in [-0.39, 0.29) is 12.6 Å². The largest absolute Gasteiger partial charge is 0.445 e. The number of nitrogens with zero attached hydrogens (tertiary/aromatic N) is 2. The summed E-state index contributed by atoms with van der Waals surface area (Å²) >= 11 is 0. The fourth-order valence-electron chi connectivity index (χ4n) is 3.54. The zero-order chi connectivity index (χ0) is 22.4. The van der Waals surface area contributed by atoms with E-state index in [4.69, 9.17) is 14.7 Å². The van der Waals surface area contributed by atoms with Gasteiger partial charge in [0.15, 0.2) is 5.82 Å². The van der Waals surface area contributed by atoms with E-state index in [0.717, 1.165) is 34.0 Å². The van der Waals surface area contributed by atoms with Crippen LogP contribution in [0, 0.1) is 12.8 Å². The third kappa shape index (κ3) is 5.66. The van der Waals surface area contributed by atoms with Gasteiger partial charge in [0.1, 0.15) is 12.9 Å². The van der Waals surface area contributed by atoms with Crippen molar-refractivity contribution in [2.24, 2.45) is 5.92 Å². The Morgan fingerprint density at radius 2 is 1.90 bits per heavy atom. The molecule has 0 saturated heterocycles. The first-order valence-electron chi connectivity index (χ1n) is 10.6. The average Bonchev–Trinajstić information content (AvgIpc) is 2.76. The maximum atomic E-state index is 12.5. The van der Waals surface area contributed by atoms with Crippen LogP contribution in [0.3, 0.4) is 0 Å². The smallest absolute Gasteiger partial charge is 0.408 e. The van der Waals surface area contributed by atoms with Gasteiger partial charge in [-0.1, -0.05) is 51.1 Å². The lowest BCUT2D eigenvalue weighted by Gasteiger charge is -2.21. The molecule has 1 heterocycles. The van der Waals surface area contributed by atoms with Crippen LogP contribution >= 0.6 is 0 Å². The van der Waals surface area contributed by atoms with Gasteiger partial charge in [0.25, 0.3) is 0 Å². The van der Waals surface area contributed by atoms with Crippen LogP contribution in [0.5, 0.6) is 0 Å². The van der Waals surface area contributed by atoms with Crippen molar-refractivity contribution in [3.8, 4) is 0 Å². The van der Waals surface area contributed by atoms with Crippen molar-refractivity contribution < 1.29 is 14.3 Å². The van der Waals surface area contributed by atoms with Gasteiger partial charge in [0.2, 0.25) is 0 Å². The molecule has 0 radical (unpaired) electrons. The van der Waals surface area contributed by atoms with Crippen LogP contribution in [-0.4, -0.2) is 22.3 Å². The maximum Gasteiger partial charge on any atom is 0.408 e. The molecule has 0 spiro atoms. The van der Waals surface area contributed by atoms with Crippen molar-refractivity contribution in [2.75, 3.05) is 0 Å². The van der Waals surface area contributed by atoms with Gasteiger partial charge in [0, 0.05) is 10.9 Å². The number of aryl methyl sites for hydroxylation is 2. The van der Waals surface area contributed by atoms with E-state index < -0.39 is 6.09 Å². The first-order valence-corrected chi connectivity index (χ1v) is 10.6. The SMILES string of the molecule is CCc1nc(C(CC(C)C)NC(=O)OCc2ccccc2)nc2cc(C)c(C=O)cc12. The Morgan fingerprint density at radius 1 is 1.16 bits per heavy atom. The molecule has 0 aliphatic carbocycles. The lowest BCUT2D eigenvalue weighted by Crippen LogP contribution is -2.31. The Morgan fingerprint density at radius 3 is 2.55 bits per heavy atom. The standard InChI is InChI=1S/C25H29N3O3/c1-5-21-20-13-19(14-29)17(4)12-22(20)27-24(26-21)23(11-16(2)3)28-25(30)31-15-18-9-7-6-8-10-18/h6-10,12-14,16,23H,5,11,15H2,1-4H3,(H,28,30). The second kappa shape index (κ2) is 10.2. The normalized spacial score (nSPS) is 12.0. The van der Waals surface area contributed by atoms with Gasteiger partial charge in [-0.05, 0) is 48.9 Å². The number of hydrogen-bond acceptors (Lipinski definition) is 5. The zero-order valence-corrected chi connectivity index (χ0v) is 18.5. The third-order valence-corrected chi connectivity index (χ3v) is 5.17. The van der Waals surface area contributed by atoms with Crippen LogP contribution in [0.1, 0.15) is 66.2 Å².